The van der Waals surface area contributed by atoms with Crippen LogP contribution in [0.5, 0.6) is 11.5 Å². The number of hydrogen-bond acceptors (Lipinski definition) is 6. The number of ether oxygens (including phenoxy) is 2. The Balaban J connectivity index is 1.17. The number of carbonyl (C=O) groups excluding carboxylic acids is 1. The number of nitrogens with zero attached hydrogens (tertiary/aromatic N) is 2. The van der Waals surface area contributed by atoms with E-state index in [1.54, 1.807) is 0 Å². The van der Waals surface area contributed by atoms with Gasteiger partial charge in [-0.15, -0.1) is 0 Å². The minimum atomic E-state index is -0.249. The van der Waals surface area contributed by atoms with Crippen LogP contribution in [0, 0.1) is 0 Å². The molecule has 0 spiro atoms. The second-order valence-corrected chi connectivity index (χ2v) is 8.83. The highest BCUT2D eigenvalue weighted by Gasteiger charge is 2.32. The maximum absolute atomic E-state index is 12.5. The lowest BCUT2D eigenvalue weighted by Crippen LogP contribution is -2.41. The topological polar surface area (TPSA) is 76.8 Å². The van der Waals surface area contributed by atoms with Gasteiger partial charge in [-0.25, -0.2) is 0 Å². The van der Waals surface area contributed by atoms with Gasteiger partial charge < -0.3 is 24.1 Å². The van der Waals surface area contributed by atoms with Gasteiger partial charge in [0, 0.05) is 25.1 Å². The normalized spacial score (nSPS) is 19.3. The van der Waals surface area contributed by atoms with Crippen LogP contribution < -0.4 is 19.7 Å². The first kappa shape index (κ1) is 19.7. The Morgan fingerprint density at radius 1 is 1.26 bits per heavy atom. The molecule has 1 fully saturated rings. The number of carbonyl (C=O) groups is 1. The van der Waals surface area contributed by atoms with Gasteiger partial charge in [0.05, 0.1) is 6.04 Å². The summed E-state index contributed by atoms with van der Waals surface area (Å²) in [5.41, 5.74) is 2.49. The molecule has 1 aromatic heterocycles. The summed E-state index contributed by atoms with van der Waals surface area (Å²) in [7, 11) is 0. The predicted octanol–water partition coefficient (Wildman–Crippen LogP) is 3.71. The van der Waals surface area contributed by atoms with Gasteiger partial charge in [0.1, 0.15) is 11.1 Å². The van der Waals surface area contributed by atoms with Gasteiger partial charge in [0.15, 0.2) is 23.7 Å². The van der Waals surface area contributed by atoms with Crippen molar-refractivity contribution in [3.05, 3.63) is 48.0 Å². The van der Waals surface area contributed by atoms with E-state index in [0.29, 0.717) is 18.3 Å². The van der Waals surface area contributed by atoms with Crippen LogP contribution in [0.25, 0.3) is 11.1 Å². The number of fused-ring (bicyclic) bond motifs is 2. The van der Waals surface area contributed by atoms with E-state index in [-0.39, 0.29) is 24.2 Å². The predicted molar refractivity (Wildman–Crippen MR) is 118 cm³/mol. The van der Waals surface area contributed by atoms with E-state index in [1.807, 2.05) is 56.3 Å². The molecule has 7 nitrogen and oxygen atoms in total. The van der Waals surface area contributed by atoms with Gasteiger partial charge in [-0.2, -0.15) is 4.98 Å². The van der Waals surface area contributed by atoms with Crippen molar-refractivity contribution in [1.29, 1.82) is 0 Å². The summed E-state index contributed by atoms with van der Waals surface area (Å²) in [4.78, 5) is 19.2. The third-order valence-electron chi connectivity index (χ3n) is 5.85. The first-order valence-electron chi connectivity index (χ1n) is 10.8. The fourth-order valence-electron chi connectivity index (χ4n) is 4.41. The average Bonchev–Trinajstić information content (AvgIpc) is 3.45. The molecule has 31 heavy (non-hydrogen) atoms. The molecule has 162 valence electrons. The summed E-state index contributed by atoms with van der Waals surface area (Å²) in [6.45, 7) is 5.45. The van der Waals surface area contributed by atoms with Crippen LogP contribution in [0.3, 0.4) is 0 Å². The van der Waals surface area contributed by atoms with Crippen LogP contribution >= 0.6 is 0 Å². The summed E-state index contributed by atoms with van der Waals surface area (Å²) < 4.78 is 17.7. The highest BCUT2D eigenvalue weighted by molar-refractivity contribution is 5.78. The third-order valence-corrected chi connectivity index (χ3v) is 5.85. The number of aromatic nitrogens is 1. The molecular formula is C24H27N3O4. The molecule has 0 saturated carbocycles. The Bertz CT molecular complexity index is 1070. The smallest absolute Gasteiger partial charge is 0.298 e. The van der Waals surface area contributed by atoms with E-state index in [0.717, 1.165) is 48.2 Å². The number of hydrogen-bond donors (Lipinski definition) is 1. The molecule has 7 heteroatoms. The molecule has 3 aromatic rings. The molecule has 1 saturated heterocycles. The molecule has 5 rings (SSSR count). The number of oxazole rings is 1. The molecule has 1 amide bonds. The first-order chi connectivity index (χ1) is 15.0. The summed E-state index contributed by atoms with van der Waals surface area (Å²) >= 11 is 0. The van der Waals surface area contributed by atoms with E-state index in [4.69, 9.17) is 13.9 Å². The number of nitrogens with one attached hydrogen (secondary N) is 1. The van der Waals surface area contributed by atoms with Gasteiger partial charge in [-0.05, 0) is 44.9 Å². The molecule has 1 N–H and O–H groups in total. The standard InChI is InChI=1S/C24H27N3O4/c1-24(2)13-16-7-5-11-20(22(16)31-24)29-15-21(28)25-14-17-8-6-12-27(17)23-26-18-9-3-4-10-19(18)30-23/h3-5,7,9-11,17H,6,8,12-15H2,1-2H3,(H,25,28). The van der Waals surface area contributed by atoms with Gasteiger partial charge >= 0.3 is 0 Å². The van der Waals surface area contributed by atoms with Crippen molar-refractivity contribution in [2.24, 2.45) is 0 Å². The Morgan fingerprint density at radius 3 is 3.00 bits per heavy atom. The van der Waals surface area contributed by atoms with Crippen molar-refractivity contribution in [3.63, 3.8) is 0 Å². The zero-order chi connectivity index (χ0) is 21.4. The number of rotatable bonds is 6. The molecule has 2 aliphatic rings. The zero-order valence-corrected chi connectivity index (χ0v) is 17.9. The Morgan fingerprint density at radius 2 is 2.13 bits per heavy atom. The van der Waals surface area contributed by atoms with Gasteiger partial charge in [0.25, 0.3) is 11.9 Å². The van der Waals surface area contributed by atoms with E-state index in [1.165, 1.54) is 0 Å². The summed E-state index contributed by atoms with van der Waals surface area (Å²) in [6, 6.07) is 14.3. The molecule has 0 aliphatic carbocycles. The van der Waals surface area contributed by atoms with Crippen LogP contribution in [0.15, 0.2) is 46.9 Å². The molecule has 1 unspecified atom stereocenters. The van der Waals surface area contributed by atoms with Crippen molar-refractivity contribution >= 4 is 23.0 Å². The fraction of sp³-hybridized carbons (Fsp3) is 0.417. The lowest BCUT2D eigenvalue weighted by Gasteiger charge is -2.23. The Labute approximate surface area is 181 Å². The largest absolute Gasteiger partial charge is 0.483 e. The number of para-hydroxylation sites is 3. The number of benzene rings is 2. The minimum Gasteiger partial charge on any atom is -0.483 e. The Kier molecular flexibility index (Phi) is 4.96. The molecule has 0 bridgehead atoms. The van der Waals surface area contributed by atoms with Crippen molar-refractivity contribution in [2.45, 2.75) is 44.8 Å². The average molecular weight is 421 g/mol. The SMILES string of the molecule is CC1(C)Cc2cccc(OCC(=O)NCC3CCCN3c3nc4ccccc4o3)c2O1. The lowest BCUT2D eigenvalue weighted by atomic mass is 10.0. The molecule has 2 aliphatic heterocycles. The van der Waals surface area contributed by atoms with Gasteiger partial charge in [-0.3, -0.25) is 4.79 Å². The van der Waals surface area contributed by atoms with Crippen molar-refractivity contribution in [3.8, 4) is 11.5 Å². The molecule has 0 radical (unpaired) electrons. The van der Waals surface area contributed by atoms with Crippen molar-refractivity contribution in [1.82, 2.24) is 10.3 Å². The number of amides is 1. The van der Waals surface area contributed by atoms with E-state index in [2.05, 4.69) is 15.2 Å². The van der Waals surface area contributed by atoms with Crippen LogP contribution in [0.2, 0.25) is 0 Å². The quantitative estimate of drug-likeness (QED) is 0.654. The second-order valence-electron chi connectivity index (χ2n) is 8.83. The number of anilines is 1. The van der Waals surface area contributed by atoms with E-state index in [9.17, 15) is 4.79 Å². The van der Waals surface area contributed by atoms with E-state index >= 15 is 0 Å². The molecule has 2 aromatic carbocycles. The highest BCUT2D eigenvalue weighted by Crippen LogP contribution is 2.41. The summed E-state index contributed by atoms with van der Waals surface area (Å²) in [5.74, 6) is 1.21. The van der Waals surface area contributed by atoms with Crippen LogP contribution in [0.1, 0.15) is 32.3 Å². The van der Waals surface area contributed by atoms with Crippen molar-refractivity contribution < 1.29 is 18.7 Å². The molecule has 3 heterocycles. The third kappa shape index (κ3) is 4.04. The zero-order valence-electron chi connectivity index (χ0n) is 17.9. The fourth-order valence-corrected chi connectivity index (χ4v) is 4.41. The minimum absolute atomic E-state index is 0.0458. The van der Waals surface area contributed by atoms with E-state index < -0.39 is 0 Å². The second kappa shape index (κ2) is 7.80. The maximum atomic E-state index is 12.5. The van der Waals surface area contributed by atoms with Gasteiger partial charge in [-0.1, -0.05) is 24.3 Å². The lowest BCUT2D eigenvalue weighted by molar-refractivity contribution is -0.123. The van der Waals surface area contributed by atoms with Crippen LogP contribution in [0.4, 0.5) is 6.01 Å². The summed E-state index contributed by atoms with van der Waals surface area (Å²) in [6.07, 6.45) is 2.85. The highest BCUT2D eigenvalue weighted by atomic mass is 16.5. The molecular weight excluding hydrogens is 394 g/mol. The first-order valence-corrected chi connectivity index (χ1v) is 10.8. The molecule has 1 atom stereocenters. The Hall–Kier alpha value is -3.22. The van der Waals surface area contributed by atoms with Crippen LogP contribution in [-0.4, -0.2) is 42.2 Å². The summed E-state index contributed by atoms with van der Waals surface area (Å²) in [5, 5.41) is 3.00. The maximum Gasteiger partial charge on any atom is 0.298 e. The van der Waals surface area contributed by atoms with Crippen molar-refractivity contribution in [2.75, 3.05) is 24.6 Å². The van der Waals surface area contributed by atoms with Gasteiger partial charge in [0.2, 0.25) is 0 Å². The van der Waals surface area contributed by atoms with Crippen LogP contribution in [-0.2, 0) is 11.2 Å². The monoisotopic (exact) mass is 421 g/mol.